The van der Waals surface area contributed by atoms with Crippen LogP contribution in [0.5, 0.6) is 5.75 Å². The molecule has 224 valence electrons. The maximum absolute atomic E-state index is 13.3. The molecule has 3 aromatic rings. The zero-order chi connectivity index (χ0) is 30.8. The van der Waals surface area contributed by atoms with Crippen molar-refractivity contribution < 1.29 is 23.2 Å². The molecule has 2 aromatic carbocycles. The molecule has 1 aliphatic carbocycles. The first kappa shape index (κ1) is 28.9. The first-order chi connectivity index (χ1) is 21.3. The number of amides is 1. The Morgan fingerprint density at radius 2 is 1.48 bits per heavy atom. The highest BCUT2D eigenvalue weighted by Crippen LogP contribution is 2.29. The summed E-state index contributed by atoms with van der Waals surface area (Å²) in [6.45, 7) is 9.66. The van der Waals surface area contributed by atoms with Crippen LogP contribution in [0.25, 0.3) is 33.6 Å². The molecular formula is C35H34N3O6+. The Morgan fingerprint density at radius 3 is 2.18 bits per heavy atom. The second-order valence-electron chi connectivity index (χ2n) is 10.8. The predicted octanol–water partition coefficient (Wildman–Crippen LogP) is 4.86. The van der Waals surface area contributed by atoms with E-state index in [0.717, 1.165) is 46.8 Å². The van der Waals surface area contributed by atoms with Crippen LogP contribution in [0.2, 0.25) is 0 Å². The summed E-state index contributed by atoms with van der Waals surface area (Å²) in [7, 11) is 0. The second kappa shape index (κ2) is 12.2. The van der Waals surface area contributed by atoms with Crippen molar-refractivity contribution in [3.63, 3.8) is 0 Å². The molecule has 0 unspecified atom stereocenters. The van der Waals surface area contributed by atoms with Gasteiger partial charge in [-0.2, -0.15) is 0 Å². The third kappa shape index (κ3) is 5.86. The highest BCUT2D eigenvalue weighted by molar-refractivity contribution is 5.97. The lowest BCUT2D eigenvalue weighted by atomic mass is 10.1. The molecule has 3 aliphatic rings. The van der Waals surface area contributed by atoms with E-state index in [9.17, 15) is 14.4 Å². The van der Waals surface area contributed by atoms with Gasteiger partial charge >= 0.3 is 11.6 Å². The lowest BCUT2D eigenvalue weighted by Gasteiger charge is -2.36. The highest BCUT2D eigenvalue weighted by Gasteiger charge is 2.25. The molecule has 0 bridgehead atoms. The van der Waals surface area contributed by atoms with Crippen molar-refractivity contribution in [2.24, 2.45) is 0 Å². The van der Waals surface area contributed by atoms with Crippen molar-refractivity contribution in [1.29, 1.82) is 0 Å². The van der Waals surface area contributed by atoms with E-state index in [1.807, 2.05) is 6.07 Å². The van der Waals surface area contributed by atoms with Gasteiger partial charge in [-0.15, -0.1) is 0 Å². The number of nitrogens with zero attached hydrogens (tertiary/aromatic N) is 3. The number of esters is 1. The van der Waals surface area contributed by atoms with E-state index in [2.05, 4.69) is 71.9 Å². The number of rotatable bonds is 6. The quantitative estimate of drug-likeness (QED) is 0.120. The van der Waals surface area contributed by atoms with Crippen molar-refractivity contribution in [2.45, 2.75) is 20.8 Å². The van der Waals surface area contributed by atoms with Crippen LogP contribution >= 0.6 is 0 Å². The Hall–Kier alpha value is -5.18. The third-order valence-electron chi connectivity index (χ3n) is 8.04. The maximum atomic E-state index is 13.3. The number of fused-ring (bicyclic) bond motifs is 2. The zero-order valence-electron chi connectivity index (χ0n) is 25.0. The molecule has 1 fully saturated rings. The van der Waals surface area contributed by atoms with Crippen molar-refractivity contribution in [1.82, 2.24) is 9.48 Å². The van der Waals surface area contributed by atoms with Crippen LogP contribution in [0.1, 0.15) is 31.1 Å². The number of benzene rings is 3. The summed E-state index contributed by atoms with van der Waals surface area (Å²) in [6, 6.07) is 24.9. The first-order valence-corrected chi connectivity index (χ1v) is 14.9. The molecule has 0 radical (unpaired) electrons. The summed E-state index contributed by atoms with van der Waals surface area (Å²) in [6.07, 6.45) is 0. The molecule has 2 aliphatic heterocycles. The normalized spacial score (nSPS) is 13.3. The van der Waals surface area contributed by atoms with Gasteiger partial charge in [0.25, 0.3) is 5.91 Å². The molecule has 0 atom stereocenters. The monoisotopic (exact) mass is 592 g/mol. The van der Waals surface area contributed by atoms with E-state index in [4.69, 9.17) is 13.6 Å². The number of anilines is 1. The van der Waals surface area contributed by atoms with Crippen LogP contribution in [0.3, 0.4) is 0 Å². The van der Waals surface area contributed by atoms with Gasteiger partial charge in [0.05, 0.1) is 6.07 Å². The lowest BCUT2D eigenvalue weighted by Crippen LogP contribution is -2.49. The molecule has 9 nitrogen and oxygen atoms in total. The van der Waals surface area contributed by atoms with Gasteiger partial charge in [-0.25, -0.2) is 9.37 Å². The van der Waals surface area contributed by atoms with Crippen molar-refractivity contribution in [2.75, 3.05) is 44.2 Å². The summed E-state index contributed by atoms with van der Waals surface area (Å²) in [5.74, 6) is 1.09. The van der Waals surface area contributed by atoms with E-state index < -0.39 is 11.6 Å². The summed E-state index contributed by atoms with van der Waals surface area (Å²) >= 11 is 0. The first-order valence-electron chi connectivity index (χ1n) is 14.9. The van der Waals surface area contributed by atoms with Crippen molar-refractivity contribution in [3.8, 4) is 28.4 Å². The largest absolute Gasteiger partial charge is 0.456 e. The predicted molar refractivity (Wildman–Crippen MR) is 169 cm³/mol. The molecule has 9 heteroatoms. The van der Waals surface area contributed by atoms with E-state index in [0.29, 0.717) is 31.6 Å². The Labute approximate surface area is 254 Å². The Morgan fingerprint density at radius 1 is 0.795 bits per heavy atom. The maximum Gasteiger partial charge on any atom is 0.349 e. The summed E-state index contributed by atoms with van der Waals surface area (Å²) in [5, 5.41) is 1.72. The number of hydrogen-bond donors (Lipinski definition) is 0. The van der Waals surface area contributed by atoms with Gasteiger partial charge in [-0.05, 0) is 74.5 Å². The minimum atomic E-state index is -0.719. The van der Waals surface area contributed by atoms with Crippen LogP contribution in [0, 0.1) is 0 Å². The van der Waals surface area contributed by atoms with Gasteiger partial charge in [0, 0.05) is 67.4 Å². The van der Waals surface area contributed by atoms with Crippen LogP contribution in [0.15, 0.2) is 92.5 Å². The molecule has 44 heavy (non-hydrogen) atoms. The molecule has 0 spiro atoms. The molecule has 0 saturated carbocycles. The SMILES string of the molecule is CC[N+](CC)=c1ccc2ccc(-c3ccc(N4CCN(C(=O)c5cc6ccc(OC(C)=O)cc6oc5=O)CC4)cc3)oc-2c1. The van der Waals surface area contributed by atoms with Gasteiger partial charge in [-0.3, -0.25) is 9.59 Å². The second-order valence-corrected chi connectivity index (χ2v) is 10.8. The number of hydrogen-bond acceptors (Lipinski definition) is 7. The van der Waals surface area contributed by atoms with Gasteiger partial charge in [-0.1, -0.05) is 0 Å². The van der Waals surface area contributed by atoms with Crippen molar-refractivity contribution >= 4 is 28.5 Å². The fourth-order valence-corrected chi connectivity index (χ4v) is 5.65. The van der Waals surface area contributed by atoms with E-state index >= 15 is 0 Å². The van der Waals surface area contributed by atoms with E-state index in [1.54, 1.807) is 17.0 Å². The summed E-state index contributed by atoms with van der Waals surface area (Å²) in [5.41, 5.74) is 2.62. The minimum absolute atomic E-state index is 0.0149. The van der Waals surface area contributed by atoms with Crippen LogP contribution in [0.4, 0.5) is 5.69 Å². The molecule has 3 heterocycles. The van der Waals surface area contributed by atoms with Gasteiger partial charge in [0.1, 0.15) is 41.5 Å². The average molecular weight is 593 g/mol. The Balaban J connectivity index is 1.14. The molecule has 1 saturated heterocycles. The topological polar surface area (TPSA) is 96.2 Å². The van der Waals surface area contributed by atoms with Gasteiger partial charge in [0.15, 0.2) is 0 Å². The molecule has 1 aromatic heterocycles. The van der Waals surface area contributed by atoms with E-state index in [-0.39, 0.29) is 22.8 Å². The van der Waals surface area contributed by atoms with Gasteiger partial charge < -0.3 is 23.4 Å². The fourth-order valence-electron chi connectivity index (χ4n) is 5.65. The molecular weight excluding hydrogens is 558 g/mol. The Bertz CT molecular complexity index is 1940. The van der Waals surface area contributed by atoms with E-state index in [1.165, 1.54) is 19.1 Å². The zero-order valence-corrected chi connectivity index (χ0v) is 25.0. The number of piperazine rings is 1. The standard InChI is InChI=1S/C35H34N3O6/c1-4-36(5-2)28-13-8-25-10-15-31(43-32(25)21-28)24-6-11-27(12-7-24)37-16-18-38(19-17-37)34(40)30-20-26-9-14-29(42-23(3)39)22-33(26)44-35(30)41/h6-15,20-22H,4-5,16-19H2,1-3H3/q+1. The van der Waals surface area contributed by atoms with Crippen LogP contribution in [-0.2, 0) is 4.79 Å². The van der Waals surface area contributed by atoms with Crippen molar-refractivity contribution in [3.05, 3.63) is 100 Å². The summed E-state index contributed by atoms with van der Waals surface area (Å²) in [4.78, 5) is 41.1. The summed E-state index contributed by atoms with van der Waals surface area (Å²) < 4.78 is 19.1. The minimum Gasteiger partial charge on any atom is -0.456 e. The molecule has 1 amide bonds. The highest BCUT2D eigenvalue weighted by atomic mass is 16.5. The fraction of sp³-hybridized carbons (Fsp3) is 0.257. The number of ether oxygens (including phenoxy) is 1. The van der Waals surface area contributed by atoms with Gasteiger partial charge in [0.2, 0.25) is 5.36 Å². The molecule has 6 rings (SSSR count). The molecule has 0 N–H and O–H groups in total. The van der Waals surface area contributed by atoms with Crippen LogP contribution < -0.4 is 25.2 Å². The Kier molecular flexibility index (Phi) is 8.02. The number of carbonyl (C=O) groups excluding carboxylic acids is 2. The smallest absolute Gasteiger partial charge is 0.349 e. The average Bonchev–Trinajstić information content (AvgIpc) is 3.04. The van der Waals surface area contributed by atoms with Crippen LogP contribution in [-0.4, -0.2) is 56.0 Å². The lowest BCUT2D eigenvalue weighted by molar-refractivity contribution is -0.131. The number of carbonyl (C=O) groups is 2. The third-order valence-corrected chi connectivity index (χ3v) is 8.04.